The number of nitrogens with zero attached hydrogens (tertiary/aromatic N) is 3. The van der Waals surface area contributed by atoms with Gasteiger partial charge in [0.15, 0.2) is 0 Å². The average Bonchev–Trinajstić information content (AvgIpc) is 2.49. The summed E-state index contributed by atoms with van der Waals surface area (Å²) in [6.45, 7) is 2.49. The molecule has 2 N–H and O–H groups in total. The predicted molar refractivity (Wildman–Crippen MR) is 59.7 cm³/mol. The van der Waals surface area contributed by atoms with Gasteiger partial charge >= 0.3 is 0 Å². The molecule has 2 aromatic heterocycles. The number of pyridine rings is 1. The molecular weight excluding hydrogens is 212 g/mol. The van der Waals surface area contributed by atoms with E-state index in [0.29, 0.717) is 17.4 Å². The number of anilines is 1. The Morgan fingerprint density at radius 1 is 1.53 bits per heavy atom. The molecular formula is C10H11ClN4. The minimum Gasteiger partial charge on any atom is -0.382 e. The van der Waals surface area contributed by atoms with Crippen LogP contribution in [0.15, 0.2) is 24.4 Å². The Morgan fingerprint density at radius 2 is 2.33 bits per heavy atom. The second kappa shape index (κ2) is 3.90. The first-order valence-electron chi connectivity index (χ1n) is 4.56. The van der Waals surface area contributed by atoms with Gasteiger partial charge in [-0.1, -0.05) is 11.6 Å². The van der Waals surface area contributed by atoms with Gasteiger partial charge in [0.05, 0.1) is 17.3 Å². The van der Waals surface area contributed by atoms with Gasteiger partial charge in [-0.25, -0.2) is 0 Å². The predicted octanol–water partition coefficient (Wildman–Crippen LogP) is 1.87. The molecule has 0 bridgehead atoms. The van der Waals surface area contributed by atoms with Crippen LogP contribution in [0.25, 0.3) is 0 Å². The van der Waals surface area contributed by atoms with E-state index in [1.807, 2.05) is 19.1 Å². The lowest BCUT2D eigenvalue weighted by atomic mass is 10.3. The lowest BCUT2D eigenvalue weighted by Gasteiger charge is -2.04. The molecule has 0 fully saturated rings. The van der Waals surface area contributed by atoms with Crippen LogP contribution in [0.1, 0.15) is 11.4 Å². The molecule has 78 valence electrons. The molecule has 0 aliphatic heterocycles. The molecule has 0 saturated carbocycles. The fourth-order valence-corrected chi connectivity index (χ4v) is 1.55. The third-order valence-electron chi connectivity index (χ3n) is 2.13. The number of nitrogen functional groups attached to an aromatic ring is 1. The molecule has 5 heteroatoms. The van der Waals surface area contributed by atoms with Crippen molar-refractivity contribution in [3.05, 3.63) is 40.8 Å². The highest BCUT2D eigenvalue weighted by Crippen LogP contribution is 2.14. The third-order valence-corrected chi connectivity index (χ3v) is 2.48. The minimum atomic E-state index is 0.513. The fraction of sp³-hybridized carbons (Fsp3) is 0.200. The van der Waals surface area contributed by atoms with Gasteiger partial charge in [-0.2, -0.15) is 5.10 Å². The Labute approximate surface area is 92.7 Å². The molecule has 0 saturated heterocycles. The Kier molecular flexibility index (Phi) is 2.60. The second-order valence-corrected chi connectivity index (χ2v) is 3.71. The van der Waals surface area contributed by atoms with Gasteiger partial charge in [0.25, 0.3) is 0 Å². The van der Waals surface area contributed by atoms with Crippen LogP contribution in [-0.4, -0.2) is 14.8 Å². The number of hydrogen-bond acceptors (Lipinski definition) is 3. The zero-order valence-electron chi connectivity index (χ0n) is 8.31. The maximum absolute atomic E-state index is 6.00. The van der Waals surface area contributed by atoms with E-state index < -0.39 is 0 Å². The van der Waals surface area contributed by atoms with Gasteiger partial charge in [-0.15, -0.1) is 0 Å². The van der Waals surface area contributed by atoms with Crippen LogP contribution in [0.3, 0.4) is 0 Å². The van der Waals surface area contributed by atoms with Crippen molar-refractivity contribution in [2.24, 2.45) is 0 Å². The average molecular weight is 223 g/mol. The fourth-order valence-electron chi connectivity index (χ4n) is 1.37. The van der Waals surface area contributed by atoms with E-state index in [4.69, 9.17) is 17.3 Å². The van der Waals surface area contributed by atoms with Gasteiger partial charge in [-0.05, 0) is 19.1 Å². The monoisotopic (exact) mass is 222 g/mol. The van der Waals surface area contributed by atoms with E-state index in [1.165, 1.54) is 0 Å². The maximum atomic E-state index is 6.00. The van der Waals surface area contributed by atoms with Crippen molar-refractivity contribution >= 4 is 17.4 Å². The molecule has 0 amide bonds. The van der Waals surface area contributed by atoms with Crippen LogP contribution in [0.5, 0.6) is 0 Å². The Morgan fingerprint density at radius 3 is 2.93 bits per heavy atom. The van der Waals surface area contributed by atoms with Gasteiger partial charge in [0.1, 0.15) is 5.82 Å². The van der Waals surface area contributed by atoms with E-state index in [-0.39, 0.29) is 0 Å². The molecule has 0 atom stereocenters. The largest absolute Gasteiger partial charge is 0.382 e. The van der Waals surface area contributed by atoms with Crippen LogP contribution >= 0.6 is 11.6 Å². The van der Waals surface area contributed by atoms with Crippen LogP contribution in [-0.2, 0) is 6.54 Å². The Balaban J connectivity index is 2.29. The highest BCUT2D eigenvalue weighted by molar-refractivity contribution is 6.31. The molecule has 2 rings (SSSR count). The van der Waals surface area contributed by atoms with Crippen molar-refractivity contribution in [2.45, 2.75) is 13.5 Å². The van der Waals surface area contributed by atoms with Crippen LogP contribution < -0.4 is 5.73 Å². The quantitative estimate of drug-likeness (QED) is 0.844. The topological polar surface area (TPSA) is 56.7 Å². The lowest BCUT2D eigenvalue weighted by molar-refractivity contribution is 0.655. The standard InChI is InChI=1S/C10H11ClN4/c1-7-5-10(12)14-15(7)6-9-8(11)3-2-4-13-9/h2-5H,6H2,1H3,(H2,12,14). The first-order chi connectivity index (χ1) is 7.16. The molecule has 0 spiro atoms. The summed E-state index contributed by atoms with van der Waals surface area (Å²) in [6, 6.07) is 5.43. The molecule has 0 aliphatic carbocycles. The van der Waals surface area contributed by atoms with Crippen molar-refractivity contribution in [3.63, 3.8) is 0 Å². The van der Waals surface area contributed by atoms with Gasteiger partial charge in [0, 0.05) is 18.0 Å². The van der Waals surface area contributed by atoms with E-state index in [1.54, 1.807) is 16.9 Å². The number of aromatic nitrogens is 3. The van der Waals surface area contributed by atoms with Crippen molar-refractivity contribution in [2.75, 3.05) is 5.73 Å². The van der Waals surface area contributed by atoms with E-state index in [9.17, 15) is 0 Å². The van der Waals surface area contributed by atoms with Crippen LogP contribution in [0.2, 0.25) is 5.02 Å². The molecule has 0 aromatic carbocycles. The number of nitrogens with two attached hydrogens (primary N) is 1. The summed E-state index contributed by atoms with van der Waals surface area (Å²) >= 11 is 6.00. The van der Waals surface area contributed by atoms with Crippen molar-refractivity contribution in [3.8, 4) is 0 Å². The summed E-state index contributed by atoms with van der Waals surface area (Å²) in [5.41, 5.74) is 7.38. The molecule has 4 nitrogen and oxygen atoms in total. The highest BCUT2D eigenvalue weighted by Gasteiger charge is 2.05. The number of rotatable bonds is 2. The minimum absolute atomic E-state index is 0.513. The van der Waals surface area contributed by atoms with Crippen LogP contribution in [0.4, 0.5) is 5.82 Å². The summed E-state index contributed by atoms with van der Waals surface area (Å²) in [4.78, 5) is 4.19. The molecule has 2 heterocycles. The maximum Gasteiger partial charge on any atom is 0.145 e. The van der Waals surface area contributed by atoms with Crippen LogP contribution in [0, 0.1) is 6.92 Å². The molecule has 0 radical (unpaired) electrons. The highest BCUT2D eigenvalue weighted by atomic mass is 35.5. The number of hydrogen-bond donors (Lipinski definition) is 1. The summed E-state index contributed by atoms with van der Waals surface area (Å²) in [6.07, 6.45) is 1.71. The summed E-state index contributed by atoms with van der Waals surface area (Å²) in [5, 5.41) is 4.79. The number of halogens is 1. The Bertz CT molecular complexity index is 478. The van der Waals surface area contributed by atoms with Crippen molar-refractivity contribution in [1.29, 1.82) is 0 Å². The molecule has 0 unspecified atom stereocenters. The molecule has 2 aromatic rings. The van der Waals surface area contributed by atoms with E-state index in [0.717, 1.165) is 11.4 Å². The number of aryl methyl sites for hydroxylation is 1. The summed E-state index contributed by atoms with van der Waals surface area (Å²) in [5.74, 6) is 0.513. The molecule has 15 heavy (non-hydrogen) atoms. The lowest BCUT2D eigenvalue weighted by Crippen LogP contribution is -2.06. The molecule has 0 aliphatic rings. The van der Waals surface area contributed by atoms with Gasteiger partial charge in [-0.3, -0.25) is 9.67 Å². The summed E-state index contributed by atoms with van der Waals surface area (Å²) in [7, 11) is 0. The van der Waals surface area contributed by atoms with Gasteiger partial charge < -0.3 is 5.73 Å². The van der Waals surface area contributed by atoms with E-state index in [2.05, 4.69) is 10.1 Å². The van der Waals surface area contributed by atoms with Gasteiger partial charge in [0.2, 0.25) is 0 Å². The van der Waals surface area contributed by atoms with Crippen molar-refractivity contribution < 1.29 is 0 Å². The smallest absolute Gasteiger partial charge is 0.145 e. The second-order valence-electron chi connectivity index (χ2n) is 3.30. The zero-order valence-corrected chi connectivity index (χ0v) is 9.07. The zero-order chi connectivity index (χ0) is 10.8. The van der Waals surface area contributed by atoms with E-state index >= 15 is 0 Å². The SMILES string of the molecule is Cc1cc(N)nn1Cc1ncccc1Cl. The first-order valence-corrected chi connectivity index (χ1v) is 4.94. The normalized spacial score (nSPS) is 10.5. The Hall–Kier alpha value is -1.55. The van der Waals surface area contributed by atoms with Crippen molar-refractivity contribution in [1.82, 2.24) is 14.8 Å². The first kappa shape index (κ1) is 9.98. The third kappa shape index (κ3) is 2.10. The summed E-state index contributed by atoms with van der Waals surface area (Å²) < 4.78 is 1.78.